The van der Waals surface area contributed by atoms with Crippen LogP contribution < -0.4 is 0 Å². The molecule has 3 rings (SSSR count). The summed E-state index contributed by atoms with van der Waals surface area (Å²) in [5.41, 5.74) is 0.916. The van der Waals surface area contributed by atoms with Gasteiger partial charge in [-0.25, -0.2) is 9.18 Å². The van der Waals surface area contributed by atoms with E-state index in [0.29, 0.717) is 57.1 Å². The minimum absolute atomic E-state index is 0.0718. The van der Waals surface area contributed by atoms with Gasteiger partial charge in [0.25, 0.3) is 0 Å². The molecule has 2 fully saturated rings. The first-order valence-corrected chi connectivity index (χ1v) is 8.20. The quantitative estimate of drug-likeness (QED) is 0.818. The fourth-order valence-electron chi connectivity index (χ4n) is 3.04. The second-order valence-corrected chi connectivity index (χ2v) is 6.06. The number of nitrogens with zero attached hydrogens (tertiary/aromatic N) is 4. The van der Waals surface area contributed by atoms with Gasteiger partial charge in [0.05, 0.1) is 24.8 Å². The molecular formula is C17H21FN4O2. The van der Waals surface area contributed by atoms with E-state index in [1.165, 1.54) is 6.07 Å². The molecule has 0 bridgehead atoms. The maximum atomic E-state index is 14.0. The van der Waals surface area contributed by atoms with Crippen LogP contribution in [0.4, 0.5) is 9.18 Å². The summed E-state index contributed by atoms with van der Waals surface area (Å²) in [7, 11) is 0. The molecule has 0 saturated carbocycles. The molecule has 2 saturated heterocycles. The van der Waals surface area contributed by atoms with Gasteiger partial charge in [-0.3, -0.25) is 4.90 Å². The number of hydrogen-bond donors (Lipinski definition) is 0. The Labute approximate surface area is 141 Å². The van der Waals surface area contributed by atoms with Crippen molar-refractivity contribution in [3.05, 3.63) is 35.1 Å². The molecule has 128 valence electrons. The van der Waals surface area contributed by atoms with Crippen LogP contribution in [0.25, 0.3) is 0 Å². The fraction of sp³-hybridized carbons (Fsp3) is 0.529. The van der Waals surface area contributed by atoms with Crippen molar-refractivity contribution < 1.29 is 13.9 Å². The van der Waals surface area contributed by atoms with Crippen molar-refractivity contribution in [3.63, 3.8) is 0 Å². The van der Waals surface area contributed by atoms with Crippen LogP contribution in [0.15, 0.2) is 18.2 Å². The summed E-state index contributed by atoms with van der Waals surface area (Å²) in [6.07, 6.45) is 0. The van der Waals surface area contributed by atoms with Crippen LogP contribution >= 0.6 is 0 Å². The number of benzene rings is 1. The van der Waals surface area contributed by atoms with Crippen molar-refractivity contribution in [3.8, 4) is 6.07 Å². The van der Waals surface area contributed by atoms with E-state index in [1.807, 2.05) is 15.9 Å². The second-order valence-electron chi connectivity index (χ2n) is 6.06. The average molecular weight is 332 g/mol. The first kappa shape index (κ1) is 16.7. The molecule has 1 aromatic rings. The molecule has 2 heterocycles. The van der Waals surface area contributed by atoms with E-state index in [4.69, 9.17) is 10.00 Å². The summed E-state index contributed by atoms with van der Waals surface area (Å²) in [6.45, 7) is 5.72. The summed E-state index contributed by atoms with van der Waals surface area (Å²) in [4.78, 5) is 18.3. The highest BCUT2D eigenvalue weighted by Crippen LogP contribution is 2.15. The van der Waals surface area contributed by atoms with Crippen molar-refractivity contribution in [1.82, 2.24) is 14.7 Å². The molecule has 2 aliphatic heterocycles. The van der Waals surface area contributed by atoms with Crippen molar-refractivity contribution in [2.75, 3.05) is 52.5 Å². The Bertz CT molecular complexity index is 632. The molecule has 0 aromatic heterocycles. The van der Waals surface area contributed by atoms with Crippen molar-refractivity contribution in [1.29, 1.82) is 5.26 Å². The Morgan fingerprint density at radius 1 is 1.12 bits per heavy atom. The van der Waals surface area contributed by atoms with Crippen LogP contribution in [0.3, 0.4) is 0 Å². The Hall–Kier alpha value is -2.17. The van der Waals surface area contributed by atoms with Crippen LogP contribution in [0.5, 0.6) is 0 Å². The van der Waals surface area contributed by atoms with Gasteiger partial charge in [-0.2, -0.15) is 5.26 Å². The van der Waals surface area contributed by atoms with Gasteiger partial charge < -0.3 is 14.5 Å². The van der Waals surface area contributed by atoms with Crippen molar-refractivity contribution in [2.24, 2.45) is 0 Å². The second kappa shape index (κ2) is 7.60. The largest absolute Gasteiger partial charge is 0.378 e. The van der Waals surface area contributed by atoms with Gasteiger partial charge in [-0.1, -0.05) is 6.07 Å². The van der Waals surface area contributed by atoms with Crippen LogP contribution in [0, 0.1) is 17.1 Å². The molecule has 0 N–H and O–H groups in total. The molecule has 1 aromatic carbocycles. The van der Waals surface area contributed by atoms with Crippen LogP contribution in [0.1, 0.15) is 11.1 Å². The average Bonchev–Trinajstić information content (AvgIpc) is 2.64. The molecule has 6 nitrogen and oxygen atoms in total. The number of amides is 2. The lowest BCUT2D eigenvalue weighted by molar-refractivity contribution is 0.0372. The predicted octanol–water partition coefficient (Wildman–Crippen LogP) is 1.27. The van der Waals surface area contributed by atoms with Crippen LogP contribution in [-0.2, 0) is 11.3 Å². The van der Waals surface area contributed by atoms with E-state index >= 15 is 0 Å². The maximum absolute atomic E-state index is 14.0. The Balaban J connectivity index is 1.52. The highest BCUT2D eigenvalue weighted by Gasteiger charge is 2.26. The minimum atomic E-state index is -0.346. The monoisotopic (exact) mass is 332 g/mol. The Morgan fingerprint density at radius 2 is 1.79 bits per heavy atom. The molecule has 0 atom stereocenters. The number of urea groups is 1. The van der Waals surface area contributed by atoms with Gasteiger partial charge in [0.1, 0.15) is 5.82 Å². The SMILES string of the molecule is N#Cc1ccc(CN2CCN(C(=O)N3CCOCC3)CC2)c(F)c1. The van der Waals surface area contributed by atoms with Gasteiger partial charge in [-0.05, 0) is 12.1 Å². The molecule has 7 heteroatoms. The number of piperazine rings is 1. The number of carbonyl (C=O) groups is 1. The molecule has 0 aliphatic carbocycles. The number of morpholine rings is 1. The Kier molecular flexibility index (Phi) is 5.28. The number of ether oxygens (including phenoxy) is 1. The molecule has 0 radical (unpaired) electrons. The number of halogens is 1. The van der Waals surface area contributed by atoms with Crippen LogP contribution in [-0.4, -0.2) is 73.2 Å². The van der Waals surface area contributed by atoms with E-state index in [0.717, 1.165) is 13.1 Å². The summed E-state index contributed by atoms with van der Waals surface area (Å²) in [5.74, 6) is -0.346. The predicted molar refractivity (Wildman–Crippen MR) is 85.8 cm³/mol. The normalized spacial score (nSPS) is 19.2. The molecule has 0 spiro atoms. The van der Waals surface area contributed by atoms with E-state index in [-0.39, 0.29) is 11.8 Å². The third-order valence-electron chi connectivity index (χ3n) is 4.50. The highest BCUT2D eigenvalue weighted by molar-refractivity contribution is 5.74. The molecule has 24 heavy (non-hydrogen) atoms. The lowest BCUT2D eigenvalue weighted by Crippen LogP contribution is -2.54. The van der Waals surface area contributed by atoms with E-state index in [2.05, 4.69) is 4.90 Å². The number of carbonyl (C=O) groups excluding carboxylic acids is 1. The van der Waals surface area contributed by atoms with E-state index < -0.39 is 0 Å². The van der Waals surface area contributed by atoms with Crippen molar-refractivity contribution >= 4 is 6.03 Å². The van der Waals surface area contributed by atoms with Gasteiger partial charge >= 0.3 is 6.03 Å². The molecule has 0 unspecified atom stereocenters. The first-order chi connectivity index (χ1) is 11.7. The van der Waals surface area contributed by atoms with Gasteiger partial charge in [0.2, 0.25) is 0 Å². The Morgan fingerprint density at radius 3 is 2.42 bits per heavy atom. The van der Waals surface area contributed by atoms with E-state index in [1.54, 1.807) is 12.1 Å². The number of nitriles is 1. The zero-order chi connectivity index (χ0) is 16.9. The van der Waals surface area contributed by atoms with Gasteiger partial charge in [0, 0.05) is 51.4 Å². The third-order valence-corrected chi connectivity index (χ3v) is 4.50. The third kappa shape index (κ3) is 3.83. The minimum Gasteiger partial charge on any atom is -0.378 e. The fourth-order valence-corrected chi connectivity index (χ4v) is 3.04. The first-order valence-electron chi connectivity index (χ1n) is 8.20. The van der Waals surface area contributed by atoms with Gasteiger partial charge in [0.15, 0.2) is 0 Å². The topological polar surface area (TPSA) is 59.8 Å². The molecule has 2 amide bonds. The smallest absolute Gasteiger partial charge is 0.320 e. The molecule has 2 aliphatic rings. The maximum Gasteiger partial charge on any atom is 0.320 e. The highest BCUT2D eigenvalue weighted by atomic mass is 19.1. The standard InChI is InChI=1S/C17H21FN4O2/c18-16-11-14(12-19)1-2-15(16)13-20-3-5-21(6-4-20)17(23)22-7-9-24-10-8-22/h1-2,11H,3-10,13H2. The summed E-state index contributed by atoms with van der Waals surface area (Å²) in [6, 6.07) is 6.58. The van der Waals surface area contributed by atoms with Gasteiger partial charge in [-0.15, -0.1) is 0 Å². The van der Waals surface area contributed by atoms with E-state index in [9.17, 15) is 9.18 Å². The molecular weight excluding hydrogens is 311 g/mol. The van der Waals surface area contributed by atoms with Crippen LogP contribution in [0.2, 0.25) is 0 Å². The number of rotatable bonds is 2. The summed E-state index contributed by atoms with van der Waals surface area (Å²) in [5, 5.41) is 8.79. The lowest BCUT2D eigenvalue weighted by Gasteiger charge is -2.38. The summed E-state index contributed by atoms with van der Waals surface area (Å²) >= 11 is 0. The summed E-state index contributed by atoms with van der Waals surface area (Å²) < 4.78 is 19.3. The lowest BCUT2D eigenvalue weighted by atomic mass is 10.1. The zero-order valence-corrected chi connectivity index (χ0v) is 13.6. The zero-order valence-electron chi connectivity index (χ0n) is 13.6. The van der Waals surface area contributed by atoms with Crippen molar-refractivity contribution in [2.45, 2.75) is 6.54 Å². The number of hydrogen-bond acceptors (Lipinski definition) is 4.